The minimum atomic E-state index is -1.02. The van der Waals surface area contributed by atoms with Crippen molar-refractivity contribution in [3.63, 3.8) is 0 Å². The summed E-state index contributed by atoms with van der Waals surface area (Å²) in [6.45, 7) is -0.120. The van der Waals surface area contributed by atoms with Crippen LogP contribution in [0.15, 0.2) is 30.3 Å². The van der Waals surface area contributed by atoms with Crippen molar-refractivity contribution in [3.8, 4) is 11.5 Å². The fraction of sp³-hybridized carbons (Fsp3) is 0.250. The van der Waals surface area contributed by atoms with Crippen LogP contribution >= 0.6 is 0 Å². The third-order valence-electron chi connectivity index (χ3n) is 4.89. The summed E-state index contributed by atoms with van der Waals surface area (Å²) in [7, 11) is 1.65. The van der Waals surface area contributed by atoms with Crippen LogP contribution in [0.1, 0.15) is 26.3 Å². The van der Waals surface area contributed by atoms with Gasteiger partial charge in [-0.1, -0.05) is 0 Å². The van der Waals surface area contributed by atoms with E-state index in [2.05, 4.69) is 0 Å². The van der Waals surface area contributed by atoms with Gasteiger partial charge >= 0.3 is 5.97 Å². The number of amides is 1. The second-order valence-electron chi connectivity index (χ2n) is 6.74. The first-order chi connectivity index (χ1) is 14.3. The van der Waals surface area contributed by atoms with Gasteiger partial charge in [-0.3, -0.25) is 19.7 Å². The Balaban J connectivity index is 1.50. The number of carbonyl (C=O) groups excluding carboxylic acids is 3. The number of nitrogens with zero attached hydrogens (tertiary/aromatic N) is 2. The second-order valence-corrected chi connectivity index (χ2v) is 6.74. The van der Waals surface area contributed by atoms with Crippen LogP contribution in [0, 0.1) is 10.1 Å². The minimum absolute atomic E-state index is 0.0769. The summed E-state index contributed by atoms with van der Waals surface area (Å²) in [5.41, 5.74) is 0.873. The molecule has 2 heterocycles. The molecule has 10 heteroatoms. The van der Waals surface area contributed by atoms with Gasteiger partial charge in [0, 0.05) is 24.4 Å². The molecule has 2 aliphatic heterocycles. The zero-order valence-electron chi connectivity index (χ0n) is 15.9. The van der Waals surface area contributed by atoms with Gasteiger partial charge in [-0.15, -0.1) is 0 Å². The molecule has 10 nitrogen and oxygen atoms in total. The Morgan fingerprint density at radius 3 is 2.57 bits per heavy atom. The number of ether oxygens (including phenoxy) is 3. The average Bonchev–Trinajstić information content (AvgIpc) is 3.03. The van der Waals surface area contributed by atoms with E-state index >= 15 is 0 Å². The maximum atomic E-state index is 12.4. The van der Waals surface area contributed by atoms with Crippen LogP contribution in [0.3, 0.4) is 0 Å². The molecule has 0 bridgehead atoms. The molecule has 0 radical (unpaired) electrons. The van der Waals surface area contributed by atoms with E-state index in [0.717, 1.165) is 11.8 Å². The number of hydrogen-bond donors (Lipinski definition) is 0. The predicted molar refractivity (Wildman–Crippen MR) is 102 cm³/mol. The highest BCUT2D eigenvalue weighted by Gasteiger charge is 2.28. The highest BCUT2D eigenvalue weighted by Crippen LogP contribution is 2.37. The summed E-state index contributed by atoms with van der Waals surface area (Å²) in [5, 5.41) is 11.3. The van der Waals surface area contributed by atoms with Crippen molar-refractivity contribution < 1.29 is 33.5 Å². The number of esters is 1. The summed E-state index contributed by atoms with van der Waals surface area (Å²) in [6, 6.07) is 7.05. The first-order valence-electron chi connectivity index (χ1n) is 9.03. The number of benzene rings is 2. The molecule has 0 unspecified atom stereocenters. The van der Waals surface area contributed by atoms with Crippen molar-refractivity contribution in [2.45, 2.75) is 6.42 Å². The molecule has 154 valence electrons. The fourth-order valence-corrected chi connectivity index (χ4v) is 3.33. The number of rotatable bonds is 5. The Morgan fingerprint density at radius 2 is 1.87 bits per heavy atom. The lowest BCUT2D eigenvalue weighted by Crippen LogP contribution is -2.20. The molecule has 30 heavy (non-hydrogen) atoms. The molecule has 0 saturated carbocycles. The quantitative estimate of drug-likeness (QED) is 0.316. The predicted octanol–water partition coefficient (Wildman–Crippen LogP) is 1.92. The zero-order chi connectivity index (χ0) is 21.4. The summed E-state index contributed by atoms with van der Waals surface area (Å²) in [5.74, 6) is -1.24. The van der Waals surface area contributed by atoms with Crippen molar-refractivity contribution in [3.05, 3.63) is 57.1 Å². The molecule has 2 aliphatic rings. The molecule has 2 aromatic rings. The number of Topliss-reactive ketones (excluding diaryl/α,β-unsaturated/α-hetero) is 1. The number of nitro groups is 1. The summed E-state index contributed by atoms with van der Waals surface area (Å²) >= 11 is 0. The van der Waals surface area contributed by atoms with Gasteiger partial charge in [0.25, 0.3) is 5.69 Å². The number of hydrogen-bond acceptors (Lipinski definition) is 8. The van der Waals surface area contributed by atoms with Gasteiger partial charge in [-0.05, 0) is 23.8 Å². The van der Waals surface area contributed by atoms with Crippen LogP contribution in [0.25, 0.3) is 0 Å². The normalized spacial score (nSPS) is 14.3. The molecule has 0 spiro atoms. The number of ketones is 1. The third kappa shape index (κ3) is 3.43. The third-order valence-corrected chi connectivity index (χ3v) is 4.89. The van der Waals surface area contributed by atoms with Crippen molar-refractivity contribution in [2.75, 3.05) is 31.8 Å². The lowest BCUT2D eigenvalue weighted by atomic mass is 10.1. The van der Waals surface area contributed by atoms with Gasteiger partial charge < -0.3 is 19.1 Å². The maximum absolute atomic E-state index is 12.4. The standard InChI is InChI=1S/C20H16N2O8/c1-21-14-3-2-11(6-12(14)7-19(21)24)16(23)10-30-20(25)13-8-17-18(29-5-4-28-17)9-15(13)22(26)27/h2-3,6,8-9H,4-5,7,10H2,1H3. The molecule has 0 aromatic heterocycles. The molecule has 0 aliphatic carbocycles. The number of fused-ring (bicyclic) bond motifs is 2. The van der Waals surface area contributed by atoms with Crippen LogP contribution in [-0.2, 0) is 16.0 Å². The van der Waals surface area contributed by atoms with Crippen LogP contribution in [0.5, 0.6) is 11.5 Å². The number of anilines is 1. The first kappa shape index (κ1) is 19.4. The molecule has 0 fully saturated rings. The Hall–Kier alpha value is -3.95. The number of nitro benzene ring substituents is 1. The smallest absolute Gasteiger partial charge is 0.345 e. The molecule has 0 saturated heterocycles. The number of carbonyl (C=O) groups is 3. The fourth-order valence-electron chi connectivity index (χ4n) is 3.33. The minimum Gasteiger partial charge on any atom is -0.486 e. The largest absolute Gasteiger partial charge is 0.486 e. The van der Waals surface area contributed by atoms with E-state index in [-0.39, 0.29) is 48.2 Å². The number of likely N-dealkylation sites (N-methyl/N-ethyl adjacent to an activating group) is 1. The first-order valence-corrected chi connectivity index (χ1v) is 9.03. The van der Waals surface area contributed by atoms with E-state index in [9.17, 15) is 24.5 Å². The maximum Gasteiger partial charge on any atom is 0.345 e. The molecular weight excluding hydrogens is 396 g/mol. The molecule has 2 aromatic carbocycles. The molecule has 1 amide bonds. The van der Waals surface area contributed by atoms with Crippen molar-refractivity contribution in [1.82, 2.24) is 0 Å². The molecule has 4 rings (SSSR count). The Kier molecular flexibility index (Phi) is 4.82. The van der Waals surface area contributed by atoms with E-state index in [1.165, 1.54) is 17.0 Å². The lowest BCUT2D eigenvalue weighted by molar-refractivity contribution is -0.385. The highest BCUT2D eigenvalue weighted by atomic mass is 16.6. The summed E-state index contributed by atoms with van der Waals surface area (Å²) in [4.78, 5) is 48.8. The van der Waals surface area contributed by atoms with E-state index in [0.29, 0.717) is 5.56 Å². The van der Waals surface area contributed by atoms with Crippen molar-refractivity contribution in [2.24, 2.45) is 0 Å². The Bertz CT molecular complexity index is 1090. The highest BCUT2D eigenvalue weighted by molar-refractivity contribution is 6.04. The van der Waals surface area contributed by atoms with Crippen molar-refractivity contribution >= 4 is 29.0 Å². The second kappa shape index (κ2) is 7.47. The Morgan fingerprint density at radius 1 is 1.17 bits per heavy atom. The zero-order valence-corrected chi connectivity index (χ0v) is 15.9. The lowest BCUT2D eigenvalue weighted by Gasteiger charge is -2.18. The van der Waals surface area contributed by atoms with Gasteiger partial charge in [0.05, 0.1) is 17.4 Å². The van der Waals surface area contributed by atoms with Crippen LogP contribution < -0.4 is 14.4 Å². The van der Waals surface area contributed by atoms with Gasteiger partial charge in [-0.2, -0.15) is 0 Å². The summed E-state index contributed by atoms with van der Waals surface area (Å²) < 4.78 is 15.7. The molecule has 0 atom stereocenters. The Labute approximate surface area is 170 Å². The molecular formula is C20H16N2O8. The SMILES string of the molecule is CN1C(=O)Cc2cc(C(=O)COC(=O)c3cc4c(cc3[N+](=O)[O-])OCCO4)ccc21. The van der Waals surface area contributed by atoms with Crippen LogP contribution in [0.2, 0.25) is 0 Å². The monoisotopic (exact) mass is 412 g/mol. The van der Waals surface area contributed by atoms with E-state index in [1.807, 2.05) is 0 Å². The summed E-state index contributed by atoms with van der Waals surface area (Å²) in [6.07, 6.45) is 0.191. The average molecular weight is 412 g/mol. The van der Waals surface area contributed by atoms with Crippen LogP contribution in [-0.4, -0.2) is 49.5 Å². The van der Waals surface area contributed by atoms with E-state index in [4.69, 9.17) is 14.2 Å². The van der Waals surface area contributed by atoms with E-state index in [1.54, 1.807) is 19.2 Å². The van der Waals surface area contributed by atoms with Gasteiger partial charge in [-0.25, -0.2) is 4.79 Å². The van der Waals surface area contributed by atoms with E-state index < -0.39 is 29.0 Å². The van der Waals surface area contributed by atoms with Gasteiger partial charge in [0.2, 0.25) is 5.91 Å². The topological polar surface area (TPSA) is 125 Å². The van der Waals surface area contributed by atoms with Crippen LogP contribution in [0.4, 0.5) is 11.4 Å². The van der Waals surface area contributed by atoms with Gasteiger partial charge in [0.15, 0.2) is 23.9 Å². The van der Waals surface area contributed by atoms with Gasteiger partial charge in [0.1, 0.15) is 18.8 Å². The molecule has 0 N–H and O–H groups in total. The van der Waals surface area contributed by atoms with Crippen molar-refractivity contribution in [1.29, 1.82) is 0 Å².